The van der Waals surface area contributed by atoms with Crippen LogP contribution in [0.15, 0.2) is 11.4 Å². The fourth-order valence-corrected chi connectivity index (χ4v) is 3.36. The smallest absolute Gasteiger partial charge is 0.0931 e. The number of halogens is 1. The predicted octanol–water partition coefficient (Wildman–Crippen LogP) is 3.54. The zero-order valence-corrected chi connectivity index (χ0v) is 12.2. The lowest BCUT2D eigenvalue weighted by Gasteiger charge is -2.31. The van der Waals surface area contributed by atoms with Crippen LogP contribution in [0.1, 0.15) is 37.8 Å². The molecule has 0 amide bonds. The van der Waals surface area contributed by atoms with E-state index < -0.39 is 0 Å². The van der Waals surface area contributed by atoms with Gasteiger partial charge in [0.1, 0.15) is 0 Å². The summed E-state index contributed by atoms with van der Waals surface area (Å²) in [6.07, 6.45) is 4.00. The minimum atomic E-state index is 0.447. The summed E-state index contributed by atoms with van der Waals surface area (Å²) in [6.45, 7) is 4.55. The second-order valence-corrected chi connectivity index (χ2v) is 6.49. The highest BCUT2D eigenvalue weighted by molar-refractivity contribution is 7.14. The van der Waals surface area contributed by atoms with Gasteiger partial charge >= 0.3 is 0 Å². The number of rotatable bonds is 4. The van der Waals surface area contributed by atoms with Gasteiger partial charge in [-0.3, -0.25) is 4.90 Å². The quantitative estimate of drug-likeness (QED) is 0.902. The molecule has 96 valence electrons. The molecule has 1 aliphatic rings. The van der Waals surface area contributed by atoms with Gasteiger partial charge in [-0.2, -0.15) is 0 Å². The molecule has 0 radical (unpaired) electrons. The molecule has 1 aromatic rings. The molecule has 1 fully saturated rings. The van der Waals surface area contributed by atoms with E-state index in [1.165, 1.54) is 31.4 Å². The first-order chi connectivity index (χ1) is 8.16. The van der Waals surface area contributed by atoms with E-state index in [2.05, 4.69) is 35.6 Å². The van der Waals surface area contributed by atoms with Crippen LogP contribution in [-0.2, 0) is 0 Å². The van der Waals surface area contributed by atoms with Crippen molar-refractivity contribution in [2.45, 2.75) is 38.3 Å². The topological polar surface area (TPSA) is 15.3 Å². The first-order valence-electron chi connectivity index (χ1n) is 6.34. The van der Waals surface area contributed by atoms with Gasteiger partial charge in [-0.25, -0.2) is 0 Å². The molecule has 0 aliphatic carbocycles. The van der Waals surface area contributed by atoms with E-state index >= 15 is 0 Å². The Morgan fingerprint density at radius 1 is 1.59 bits per heavy atom. The number of thiophene rings is 1. The molecule has 2 heterocycles. The lowest BCUT2D eigenvalue weighted by molar-refractivity contribution is 0.215. The molecule has 17 heavy (non-hydrogen) atoms. The third-order valence-electron chi connectivity index (χ3n) is 3.65. The number of hydrogen-bond donors (Lipinski definition) is 1. The zero-order chi connectivity index (χ0) is 12.3. The molecule has 1 saturated heterocycles. The summed E-state index contributed by atoms with van der Waals surface area (Å²) in [5, 5.41) is 5.76. The van der Waals surface area contributed by atoms with Gasteiger partial charge in [0, 0.05) is 18.6 Å². The van der Waals surface area contributed by atoms with Crippen molar-refractivity contribution >= 4 is 22.9 Å². The third-order valence-corrected chi connectivity index (χ3v) is 4.76. The highest BCUT2D eigenvalue weighted by Gasteiger charge is 2.19. The van der Waals surface area contributed by atoms with E-state index in [-0.39, 0.29) is 0 Å². The predicted molar refractivity (Wildman–Crippen MR) is 76.0 cm³/mol. The van der Waals surface area contributed by atoms with Crippen LogP contribution in [0.5, 0.6) is 0 Å². The maximum absolute atomic E-state index is 5.99. The number of hydrogen-bond acceptors (Lipinski definition) is 3. The van der Waals surface area contributed by atoms with Gasteiger partial charge in [0.05, 0.1) is 4.34 Å². The highest BCUT2D eigenvalue weighted by Crippen LogP contribution is 2.27. The van der Waals surface area contributed by atoms with Crippen molar-refractivity contribution in [1.82, 2.24) is 10.2 Å². The van der Waals surface area contributed by atoms with E-state index in [4.69, 9.17) is 11.6 Å². The molecule has 0 aromatic carbocycles. The Morgan fingerprint density at radius 3 is 3.00 bits per heavy atom. The molecule has 0 bridgehead atoms. The van der Waals surface area contributed by atoms with Crippen molar-refractivity contribution in [3.63, 3.8) is 0 Å². The molecule has 0 spiro atoms. The van der Waals surface area contributed by atoms with Gasteiger partial charge in [0.25, 0.3) is 0 Å². The number of piperidine rings is 1. The maximum Gasteiger partial charge on any atom is 0.0931 e. The second-order valence-electron chi connectivity index (χ2n) is 4.95. The van der Waals surface area contributed by atoms with E-state index in [0.717, 1.165) is 10.9 Å². The van der Waals surface area contributed by atoms with Crippen molar-refractivity contribution in [2.24, 2.45) is 0 Å². The van der Waals surface area contributed by atoms with Crippen molar-refractivity contribution in [1.29, 1.82) is 0 Å². The Kier molecular flexibility index (Phi) is 4.86. The Morgan fingerprint density at radius 2 is 2.41 bits per heavy atom. The normalized spacial score (nSPS) is 22.9. The SMILES string of the molecule is CC(c1csc(Cl)c1)N(C)CC1CCCCN1. The Hall–Kier alpha value is -0.0900. The molecule has 1 aliphatic heterocycles. The van der Waals surface area contributed by atoms with Crippen LogP contribution in [0.4, 0.5) is 0 Å². The van der Waals surface area contributed by atoms with Crippen LogP contribution in [0, 0.1) is 0 Å². The largest absolute Gasteiger partial charge is 0.313 e. The summed E-state index contributed by atoms with van der Waals surface area (Å²) in [4.78, 5) is 2.42. The first kappa shape index (κ1) is 13.3. The lowest BCUT2D eigenvalue weighted by atomic mass is 10.0. The monoisotopic (exact) mass is 272 g/mol. The molecule has 1 N–H and O–H groups in total. The molecule has 2 atom stereocenters. The summed E-state index contributed by atoms with van der Waals surface area (Å²) < 4.78 is 0.885. The molecule has 2 rings (SSSR count). The summed E-state index contributed by atoms with van der Waals surface area (Å²) in [5.74, 6) is 0. The fraction of sp³-hybridized carbons (Fsp3) is 0.692. The molecule has 1 aromatic heterocycles. The number of likely N-dealkylation sites (N-methyl/N-ethyl adjacent to an activating group) is 1. The average Bonchev–Trinajstić information content (AvgIpc) is 2.76. The van der Waals surface area contributed by atoms with Crippen LogP contribution < -0.4 is 5.32 Å². The minimum absolute atomic E-state index is 0.447. The van der Waals surface area contributed by atoms with Crippen molar-refractivity contribution in [2.75, 3.05) is 20.1 Å². The minimum Gasteiger partial charge on any atom is -0.313 e. The summed E-state index contributed by atoms with van der Waals surface area (Å²) in [5.41, 5.74) is 1.33. The maximum atomic E-state index is 5.99. The van der Waals surface area contributed by atoms with Gasteiger partial charge in [-0.15, -0.1) is 11.3 Å². The van der Waals surface area contributed by atoms with E-state index in [0.29, 0.717) is 12.1 Å². The molecule has 4 heteroatoms. The van der Waals surface area contributed by atoms with Crippen LogP contribution in [0.2, 0.25) is 4.34 Å². The van der Waals surface area contributed by atoms with Gasteiger partial charge < -0.3 is 5.32 Å². The van der Waals surface area contributed by atoms with E-state index in [1.807, 2.05) is 0 Å². The van der Waals surface area contributed by atoms with E-state index in [9.17, 15) is 0 Å². The summed E-state index contributed by atoms with van der Waals surface area (Å²) in [6, 6.07) is 3.19. The fourth-order valence-electron chi connectivity index (χ4n) is 2.38. The molecule has 0 saturated carbocycles. The standard InChI is InChI=1S/C13H21ClN2S/c1-10(11-7-13(14)17-9-11)16(2)8-12-5-3-4-6-15-12/h7,9-10,12,15H,3-6,8H2,1-2H3. The zero-order valence-electron chi connectivity index (χ0n) is 10.6. The van der Waals surface area contributed by atoms with Gasteiger partial charge in [-0.05, 0) is 50.4 Å². The van der Waals surface area contributed by atoms with Crippen LogP contribution in [-0.4, -0.2) is 31.1 Å². The number of nitrogens with zero attached hydrogens (tertiary/aromatic N) is 1. The summed E-state index contributed by atoms with van der Waals surface area (Å²) >= 11 is 7.61. The molecule has 2 unspecified atom stereocenters. The van der Waals surface area contributed by atoms with Crippen molar-refractivity contribution < 1.29 is 0 Å². The van der Waals surface area contributed by atoms with Crippen LogP contribution >= 0.6 is 22.9 Å². The van der Waals surface area contributed by atoms with E-state index in [1.54, 1.807) is 11.3 Å². The third kappa shape index (κ3) is 3.68. The van der Waals surface area contributed by atoms with Gasteiger partial charge in [0.2, 0.25) is 0 Å². The first-order valence-corrected chi connectivity index (χ1v) is 7.60. The Balaban J connectivity index is 1.88. The van der Waals surface area contributed by atoms with Crippen molar-refractivity contribution in [3.8, 4) is 0 Å². The average molecular weight is 273 g/mol. The van der Waals surface area contributed by atoms with Gasteiger partial charge in [0.15, 0.2) is 0 Å². The van der Waals surface area contributed by atoms with Gasteiger partial charge in [-0.1, -0.05) is 18.0 Å². The van der Waals surface area contributed by atoms with Crippen LogP contribution in [0.3, 0.4) is 0 Å². The molecule has 2 nitrogen and oxygen atoms in total. The Bertz CT molecular complexity index is 347. The highest BCUT2D eigenvalue weighted by atomic mass is 35.5. The summed E-state index contributed by atoms with van der Waals surface area (Å²) in [7, 11) is 2.20. The molecular weight excluding hydrogens is 252 g/mol. The van der Waals surface area contributed by atoms with Crippen molar-refractivity contribution in [3.05, 3.63) is 21.3 Å². The number of nitrogens with one attached hydrogen (secondary N) is 1. The molecular formula is C13H21ClN2S. The Labute approximate surface area is 113 Å². The van der Waals surface area contributed by atoms with Crippen LogP contribution in [0.25, 0.3) is 0 Å². The lowest BCUT2D eigenvalue weighted by Crippen LogP contribution is -2.43. The second kappa shape index (κ2) is 6.19.